The fourth-order valence-corrected chi connectivity index (χ4v) is 2.94. The summed E-state index contributed by atoms with van der Waals surface area (Å²) in [4.78, 5) is 1.10. The third-order valence-electron chi connectivity index (χ3n) is 2.16. The molecular weight excluding hydrogens is 327 g/mol. The molecule has 1 aromatic heterocycles. The topological polar surface area (TPSA) is 9.23 Å². The normalized spacial score (nSPS) is 10.5. The molecule has 0 saturated heterocycles. The highest BCUT2D eigenvalue weighted by atomic mass is 79.9. The number of benzene rings is 1. The maximum Gasteiger partial charge on any atom is 0.124 e. The largest absolute Gasteiger partial charge is 0.488 e. The number of thiophene rings is 1. The third-order valence-corrected chi connectivity index (χ3v) is 4.12. The molecule has 0 spiro atoms. The Morgan fingerprint density at radius 2 is 2.18 bits per heavy atom. The van der Waals surface area contributed by atoms with Crippen molar-refractivity contribution < 1.29 is 9.13 Å². The molecule has 0 bridgehead atoms. The highest BCUT2D eigenvalue weighted by molar-refractivity contribution is 9.10. The van der Waals surface area contributed by atoms with Crippen LogP contribution in [0.5, 0.6) is 5.75 Å². The molecule has 1 heterocycles. The van der Waals surface area contributed by atoms with Crippen LogP contribution in [-0.2, 0) is 12.5 Å². The van der Waals surface area contributed by atoms with Gasteiger partial charge in [0.15, 0.2) is 0 Å². The lowest BCUT2D eigenvalue weighted by Gasteiger charge is -2.08. The summed E-state index contributed by atoms with van der Waals surface area (Å²) >= 11 is 10.7. The first-order chi connectivity index (χ1) is 8.19. The summed E-state index contributed by atoms with van der Waals surface area (Å²) in [7, 11) is 0. The van der Waals surface area contributed by atoms with Crippen LogP contribution in [0.25, 0.3) is 0 Å². The van der Waals surface area contributed by atoms with E-state index in [9.17, 15) is 4.39 Å². The lowest BCUT2D eigenvalue weighted by molar-refractivity contribution is 0.307. The van der Waals surface area contributed by atoms with Gasteiger partial charge in [-0.05, 0) is 40.2 Å². The molecule has 0 N–H and O–H groups in total. The summed E-state index contributed by atoms with van der Waals surface area (Å²) in [5.74, 6) is 0.569. The number of halogens is 3. The van der Waals surface area contributed by atoms with E-state index in [1.165, 1.54) is 12.1 Å². The van der Waals surface area contributed by atoms with Crippen LogP contribution >= 0.6 is 38.9 Å². The quantitative estimate of drug-likeness (QED) is 0.717. The van der Waals surface area contributed by atoms with Crippen molar-refractivity contribution in [2.45, 2.75) is 12.5 Å². The zero-order chi connectivity index (χ0) is 12.3. The first-order valence-corrected chi connectivity index (χ1v) is 7.10. The molecular formula is C12H9BrClFOS. The molecule has 1 nitrogen and oxygen atoms in total. The summed E-state index contributed by atoms with van der Waals surface area (Å²) in [5.41, 5.74) is 0.669. The molecule has 0 unspecified atom stereocenters. The van der Waals surface area contributed by atoms with E-state index in [2.05, 4.69) is 15.9 Å². The summed E-state index contributed by atoms with van der Waals surface area (Å²) in [6.07, 6.45) is 0. The third kappa shape index (κ3) is 3.44. The summed E-state index contributed by atoms with van der Waals surface area (Å²) < 4.78 is 19.6. The molecule has 5 heteroatoms. The SMILES string of the molecule is Fc1ccc(OCc2cc(Br)cs2)c(CCl)c1. The van der Waals surface area contributed by atoms with E-state index in [0.29, 0.717) is 17.9 Å². The Balaban J connectivity index is 2.08. The van der Waals surface area contributed by atoms with Crippen molar-refractivity contribution in [3.63, 3.8) is 0 Å². The zero-order valence-corrected chi connectivity index (χ0v) is 11.9. The maximum atomic E-state index is 13.0. The lowest BCUT2D eigenvalue weighted by Crippen LogP contribution is -1.96. The van der Waals surface area contributed by atoms with Crippen LogP contribution < -0.4 is 4.74 Å². The second-order valence-electron chi connectivity index (χ2n) is 3.41. The van der Waals surface area contributed by atoms with Crippen LogP contribution in [0.4, 0.5) is 4.39 Å². The molecule has 0 aliphatic rings. The zero-order valence-electron chi connectivity index (χ0n) is 8.75. The Morgan fingerprint density at radius 3 is 2.82 bits per heavy atom. The second-order valence-corrected chi connectivity index (χ2v) is 5.58. The first-order valence-electron chi connectivity index (χ1n) is 4.89. The van der Waals surface area contributed by atoms with Crippen LogP contribution in [0.15, 0.2) is 34.1 Å². The van der Waals surface area contributed by atoms with Gasteiger partial charge in [0.25, 0.3) is 0 Å². The fourth-order valence-electron chi connectivity index (χ4n) is 1.37. The average molecular weight is 336 g/mol. The van der Waals surface area contributed by atoms with Gasteiger partial charge in [0.1, 0.15) is 18.2 Å². The molecule has 0 aliphatic carbocycles. The molecule has 0 amide bonds. The number of hydrogen-bond acceptors (Lipinski definition) is 2. The van der Waals surface area contributed by atoms with Gasteiger partial charge in [-0.25, -0.2) is 4.39 Å². The number of rotatable bonds is 4. The maximum absolute atomic E-state index is 13.0. The van der Waals surface area contributed by atoms with Gasteiger partial charge in [-0.3, -0.25) is 0 Å². The van der Waals surface area contributed by atoms with Gasteiger partial charge in [0.05, 0.1) is 5.88 Å². The minimum atomic E-state index is -0.299. The standard InChI is InChI=1S/C12H9BrClFOS/c13-9-4-11(17-7-9)6-16-12-2-1-10(15)3-8(12)5-14/h1-4,7H,5-6H2. The van der Waals surface area contributed by atoms with E-state index in [4.69, 9.17) is 16.3 Å². The first kappa shape index (κ1) is 12.9. The molecule has 1 aromatic carbocycles. The van der Waals surface area contributed by atoms with E-state index in [1.54, 1.807) is 17.4 Å². The van der Waals surface area contributed by atoms with Gasteiger partial charge in [-0.1, -0.05) is 0 Å². The molecule has 0 radical (unpaired) electrons. The van der Waals surface area contributed by atoms with Crippen LogP contribution in [0.1, 0.15) is 10.4 Å². The molecule has 2 aromatic rings. The van der Waals surface area contributed by atoms with E-state index in [0.717, 1.165) is 9.35 Å². The Hall–Kier alpha value is -0.580. The second kappa shape index (κ2) is 5.85. The van der Waals surface area contributed by atoms with Crippen LogP contribution in [-0.4, -0.2) is 0 Å². The number of hydrogen-bond donors (Lipinski definition) is 0. The lowest BCUT2D eigenvalue weighted by atomic mass is 10.2. The summed E-state index contributed by atoms with van der Waals surface area (Å²) in [6, 6.07) is 6.37. The van der Waals surface area contributed by atoms with Crippen LogP contribution in [0.3, 0.4) is 0 Å². The van der Waals surface area contributed by atoms with E-state index >= 15 is 0 Å². The molecule has 0 aliphatic heterocycles. The van der Waals surface area contributed by atoms with Crippen molar-refractivity contribution in [1.82, 2.24) is 0 Å². The fraction of sp³-hybridized carbons (Fsp3) is 0.167. The van der Waals surface area contributed by atoms with E-state index < -0.39 is 0 Å². The molecule has 17 heavy (non-hydrogen) atoms. The molecule has 0 saturated carbocycles. The van der Waals surface area contributed by atoms with Crippen molar-refractivity contribution in [2.75, 3.05) is 0 Å². The van der Waals surface area contributed by atoms with Gasteiger partial charge < -0.3 is 4.74 Å². The average Bonchev–Trinajstić information content (AvgIpc) is 2.73. The van der Waals surface area contributed by atoms with Crippen molar-refractivity contribution in [3.8, 4) is 5.75 Å². The summed E-state index contributed by atoms with van der Waals surface area (Å²) in [5, 5.41) is 1.99. The predicted molar refractivity (Wildman–Crippen MR) is 72.3 cm³/mol. The van der Waals surface area contributed by atoms with E-state index in [1.807, 2.05) is 11.4 Å². The monoisotopic (exact) mass is 334 g/mol. The Kier molecular flexibility index (Phi) is 4.42. The Morgan fingerprint density at radius 1 is 1.35 bits per heavy atom. The van der Waals surface area contributed by atoms with Crippen molar-refractivity contribution in [1.29, 1.82) is 0 Å². The highest BCUT2D eigenvalue weighted by Gasteiger charge is 2.05. The Labute approximate surface area is 116 Å². The predicted octanol–water partition coefficient (Wildman–Crippen LogP) is 4.97. The van der Waals surface area contributed by atoms with Crippen molar-refractivity contribution in [2.24, 2.45) is 0 Å². The van der Waals surface area contributed by atoms with Gasteiger partial charge >= 0.3 is 0 Å². The van der Waals surface area contributed by atoms with Gasteiger partial charge in [0.2, 0.25) is 0 Å². The van der Waals surface area contributed by atoms with Gasteiger partial charge in [-0.2, -0.15) is 0 Å². The Bertz CT molecular complexity index is 515. The highest BCUT2D eigenvalue weighted by Crippen LogP contribution is 2.25. The smallest absolute Gasteiger partial charge is 0.124 e. The minimum Gasteiger partial charge on any atom is -0.488 e. The minimum absolute atomic E-state index is 0.237. The number of alkyl halides is 1. The summed E-state index contributed by atoms with van der Waals surface area (Å²) in [6.45, 7) is 0.464. The van der Waals surface area contributed by atoms with Gasteiger partial charge in [0, 0.05) is 20.3 Å². The molecule has 0 atom stereocenters. The van der Waals surface area contributed by atoms with Crippen LogP contribution in [0.2, 0.25) is 0 Å². The number of ether oxygens (including phenoxy) is 1. The van der Waals surface area contributed by atoms with Crippen molar-refractivity contribution in [3.05, 3.63) is 50.4 Å². The molecule has 0 fully saturated rings. The van der Waals surface area contributed by atoms with Crippen molar-refractivity contribution >= 4 is 38.9 Å². The van der Waals surface area contributed by atoms with E-state index in [-0.39, 0.29) is 11.7 Å². The van der Waals surface area contributed by atoms with Gasteiger partial charge in [-0.15, -0.1) is 22.9 Å². The molecule has 90 valence electrons. The molecule has 2 rings (SSSR count). The van der Waals surface area contributed by atoms with Crippen LogP contribution in [0, 0.1) is 5.82 Å².